The number of amides is 1. The standard InChI is InChI=1S/C9H13N3O2/c1-3-4-14-9(13)12-7(2)8-5-10-11-6-8/h3,5-7H,1,4H2,2H3,(H,10,11)(H,12,13). The molecule has 76 valence electrons. The molecule has 1 amide bonds. The molecule has 1 aromatic rings. The fourth-order valence-corrected chi connectivity index (χ4v) is 0.934. The first-order valence-corrected chi connectivity index (χ1v) is 4.27. The van der Waals surface area contributed by atoms with Crippen LogP contribution in [0.15, 0.2) is 25.0 Å². The van der Waals surface area contributed by atoms with Gasteiger partial charge in [-0.25, -0.2) is 4.79 Å². The average Bonchev–Trinajstić information content (AvgIpc) is 2.67. The Morgan fingerprint density at radius 1 is 1.93 bits per heavy atom. The minimum Gasteiger partial charge on any atom is -0.445 e. The van der Waals surface area contributed by atoms with Gasteiger partial charge in [0.25, 0.3) is 0 Å². The number of aromatic nitrogens is 2. The van der Waals surface area contributed by atoms with Gasteiger partial charge in [0.15, 0.2) is 0 Å². The SMILES string of the molecule is C=CCOC(=O)NC(C)c1cn[nH]c1. The van der Waals surface area contributed by atoms with Crippen molar-refractivity contribution >= 4 is 6.09 Å². The van der Waals surface area contributed by atoms with Gasteiger partial charge < -0.3 is 10.1 Å². The first-order chi connectivity index (χ1) is 6.74. The second-order valence-corrected chi connectivity index (χ2v) is 2.78. The zero-order chi connectivity index (χ0) is 10.4. The smallest absolute Gasteiger partial charge is 0.407 e. The molecule has 0 aliphatic heterocycles. The van der Waals surface area contributed by atoms with Crippen molar-refractivity contribution in [3.05, 3.63) is 30.6 Å². The molecule has 0 radical (unpaired) electrons. The molecule has 0 fully saturated rings. The van der Waals surface area contributed by atoms with E-state index in [1.54, 1.807) is 12.4 Å². The summed E-state index contributed by atoms with van der Waals surface area (Å²) in [6, 6.07) is -0.119. The summed E-state index contributed by atoms with van der Waals surface area (Å²) in [6.45, 7) is 5.50. The number of nitrogens with one attached hydrogen (secondary N) is 2. The Kier molecular flexibility index (Phi) is 3.72. The predicted octanol–water partition coefficient (Wildman–Crippen LogP) is 1.38. The van der Waals surface area contributed by atoms with Crippen LogP contribution in [0.25, 0.3) is 0 Å². The molecule has 5 heteroatoms. The highest BCUT2D eigenvalue weighted by atomic mass is 16.5. The van der Waals surface area contributed by atoms with Crippen LogP contribution in [0.3, 0.4) is 0 Å². The molecule has 1 unspecified atom stereocenters. The van der Waals surface area contributed by atoms with Gasteiger partial charge in [0.2, 0.25) is 0 Å². The number of ether oxygens (including phenoxy) is 1. The van der Waals surface area contributed by atoms with Crippen LogP contribution in [0.1, 0.15) is 18.5 Å². The van der Waals surface area contributed by atoms with Crippen LogP contribution in [-0.2, 0) is 4.74 Å². The van der Waals surface area contributed by atoms with Crippen molar-refractivity contribution in [1.29, 1.82) is 0 Å². The van der Waals surface area contributed by atoms with Crippen LogP contribution in [-0.4, -0.2) is 22.9 Å². The highest BCUT2D eigenvalue weighted by Gasteiger charge is 2.10. The summed E-state index contributed by atoms with van der Waals surface area (Å²) in [5.41, 5.74) is 0.903. The van der Waals surface area contributed by atoms with Crippen molar-refractivity contribution in [2.45, 2.75) is 13.0 Å². The van der Waals surface area contributed by atoms with E-state index >= 15 is 0 Å². The molecular weight excluding hydrogens is 182 g/mol. The number of H-pyrrole nitrogens is 1. The van der Waals surface area contributed by atoms with Gasteiger partial charge in [-0.05, 0) is 6.92 Å². The maximum atomic E-state index is 11.1. The Morgan fingerprint density at radius 3 is 3.29 bits per heavy atom. The van der Waals surface area contributed by atoms with Crippen molar-refractivity contribution in [3.8, 4) is 0 Å². The van der Waals surface area contributed by atoms with Crippen molar-refractivity contribution in [1.82, 2.24) is 15.5 Å². The van der Waals surface area contributed by atoms with Crippen LogP contribution in [0.5, 0.6) is 0 Å². The Morgan fingerprint density at radius 2 is 2.71 bits per heavy atom. The summed E-state index contributed by atoms with van der Waals surface area (Å²) < 4.78 is 4.76. The molecule has 0 aliphatic carbocycles. The normalized spacial score (nSPS) is 11.8. The first kappa shape index (κ1) is 10.3. The molecule has 5 nitrogen and oxygen atoms in total. The highest BCUT2D eigenvalue weighted by Crippen LogP contribution is 2.08. The van der Waals surface area contributed by atoms with Gasteiger partial charge in [0.1, 0.15) is 6.61 Å². The Hall–Kier alpha value is -1.78. The van der Waals surface area contributed by atoms with Gasteiger partial charge in [-0.3, -0.25) is 5.10 Å². The molecule has 1 atom stereocenters. The van der Waals surface area contributed by atoms with E-state index in [1.165, 1.54) is 6.08 Å². The molecule has 0 aliphatic rings. The van der Waals surface area contributed by atoms with E-state index in [9.17, 15) is 4.79 Å². The van der Waals surface area contributed by atoms with Gasteiger partial charge in [-0.15, -0.1) is 0 Å². The summed E-state index contributed by atoms with van der Waals surface area (Å²) >= 11 is 0. The second-order valence-electron chi connectivity index (χ2n) is 2.78. The maximum Gasteiger partial charge on any atom is 0.407 e. The third kappa shape index (κ3) is 2.93. The Labute approximate surface area is 82.2 Å². The lowest BCUT2D eigenvalue weighted by atomic mass is 10.2. The summed E-state index contributed by atoms with van der Waals surface area (Å²) in [7, 11) is 0. The largest absolute Gasteiger partial charge is 0.445 e. The lowest BCUT2D eigenvalue weighted by molar-refractivity contribution is 0.155. The minimum absolute atomic E-state index is 0.119. The molecule has 2 N–H and O–H groups in total. The molecule has 0 saturated heterocycles. The third-order valence-electron chi connectivity index (χ3n) is 1.69. The van der Waals surface area contributed by atoms with E-state index in [0.717, 1.165) is 5.56 Å². The van der Waals surface area contributed by atoms with Crippen LogP contribution >= 0.6 is 0 Å². The highest BCUT2D eigenvalue weighted by molar-refractivity contribution is 5.67. The fourth-order valence-electron chi connectivity index (χ4n) is 0.934. The number of hydrogen-bond donors (Lipinski definition) is 2. The topological polar surface area (TPSA) is 67.0 Å². The zero-order valence-corrected chi connectivity index (χ0v) is 7.99. The van der Waals surface area contributed by atoms with Crippen molar-refractivity contribution in [3.63, 3.8) is 0 Å². The summed E-state index contributed by atoms with van der Waals surface area (Å²) in [5, 5.41) is 9.10. The quantitative estimate of drug-likeness (QED) is 0.713. The third-order valence-corrected chi connectivity index (χ3v) is 1.69. The van der Waals surface area contributed by atoms with E-state index in [-0.39, 0.29) is 12.6 Å². The summed E-state index contributed by atoms with van der Waals surface area (Å²) in [5.74, 6) is 0. The number of carbonyl (C=O) groups excluding carboxylic acids is 1. The van der Waals surface area contributed by atoms with Crippen molar-refractivity contribution in [2.24, 2.45) is 0 Å². The van der Waals surface area contributed by atoms with Crippen LogP contribution < -0.4 is 5.32 Å². The van der Waals surface area contributed by atoms with Gasteiger partial charge in [-0.1, -0.05) is 12.7 Å². The predicted molar refractivity (Wildman–Crippen MR) is 51.7 cm³/mol. The molecule has 1 rings (SSSR count). The molecule has 0 aromatic carbocycles. The number of rotatable bonds is 4. The van der Waals surface area contributed by atoms with E-state index in [1.807, 2.05) is 6.92 Å². The molecule has 0 spiro atoms. The number of hydrogen-bond acceptors (Lipinski definition) is 3. The maximum absolute atomic E-state index is 11.1. The zero-order valence-electron chi connectivity index (χ0n) is 7.99. The number of aromatic amines is 1. The number of nitrogens with zero attached hydrogens (tertiary/aromatic N) is 1. The van der Waals surface area contributed by atoms with Gasteiger partial charge in [0.05, 0.1) is 12.2 Å². The Balaban J connectivity index is 2.37. The molecule has 0 bridgehead atoms. The molecule has 1 heterocycles. The monoisotopic (exact) mass is 195 g/mol. The molecule has 1 aromatic heterocycles. The van der Waals surface area contributed by atoms with E-state index < -0.39 is 6.09 Å². The van der Waals surface area contributed by atoms with E-state index in [0.29, 0.717) is 0 Å². The van der Waals surface area contributed by atoms with E-state index in [4.69, 9.17) is 4.74 Å². The second kappa shape index (κ2) is 5.06. The minimum atomic E-state index is -0.460. The number of carbonyl (C=O) groups is 1. The fraction of sp³-hybridized carbons (Fsp3) is 0.333. The van der Waals surface area contributed by atoms with Gasteiger partial charge in [0, 0.05) is 11.8 Å². The Bertz CT molecular complexity index is 295. The van der Waals surface area contributed by atoms with Gasteiger partial charge in [-0.2, -0.15) is 5.10 Å². The molecule has 14 heavy (non-hydrogen) atoms. The summed E-state index contributed by atoms with van der Waals surface area (Å²) in [6.07, 6.45) is 4.43. The molecule has 0 saturated carbocycles. The van der Waals surface area contributed by atoms with Crippen molar-refractivity contribution in [2.75, 3.05) is 6.61 Å². The van der Waals surface area contributed by atoms with Gasteiger partial charge >= 0.3 is 6.09 Å². The molecular formula is C9H13N3O2. The van der Waals surface area contributed by atoms with Crippen molar-refractivity contribution < 1.29 is 9.53 Å². The van der Waals surface area contributed by atoms with Crippen LogP contribution in [0, 0.1) is 0 Å². The lowest BCUT2D eigenvalue weighted by Gasteiger charge is -2.11. The average molecular weight is 195 g/mol. The lowest BCUT2D eigenvalue weighted by Crippen LogP contribution is -2.27. The summed E-state index contributed by atoms with van der Waals surface area (Å²) in [4.78, 5) is 11.1. The first-order valence-electron chi connectivity index (χ1n) is 4.27. The van der Waals surface area contributed by atoms with Crippen LogP contribution in [0.2, 0.25) is 0 Å². The van der Waals surface area contributed by atoms with E-state index in [2.05, 4.69) is 22.1 Å². The number of alkyl carbamates (subject to hydrolysis) is 1. The van der Waals surface area contributed by atoms with Crippen LogP contribution in [0.4, 0.5) is 4.79 Å².